The molecule has 3 aromatic rings. The number of hydrogen-bond acceptors (Lipinski definition) is 5. The Balaban J connectivity index is 1.54. The molecule has 2 aromatic carbocycles. The Morgan fingerprint density at radius 1 is 1.19 bits per heavy atom. The van der Waals surface area contributed by atoms with Crippen molar-refractivity contribution in [2.45, 2.75) is 25.7 Å². The standard InChI is InChI=1S/C22H20F3N3O3/c1-31-16-7-4-14(19(29)10-16)11-28-9-8-18-17(12-28)21(30)27-20(26-18)13-2-5-15(6-3-13)22(23,24)25/h2-7,10,29H,8-9,11-12H2,1H3,(H,26,27,30). The first kappa shape index (κ1) is 20.9. The van der Waals surface area contributed by atoms with Gasteiger partial charge in [-0.2, -0.15) is 13.2 Å². The summed E-state index contributed by atoms with van der Waals surface area (Å²) in [5.41, 5.74) is 1.22. The van der Waals surface area contributed by atoms with Crippen LogP contribution < -0.4 is 10.3 Å². The normalized spacial score (nSPS) is 14.3. The number of aromatic amines is 1. The second-order valence-corrected chi connectivity index (χ2v) is 7.37. The molecular weight excluding hydrogens is 411 g/mol. The van der Waals surface area contributed by atoms with Gasteiger partial charge >= 0.3 is 6.18 Å². The van der Waals surface area contributed by atoms with Crippen LogP contribution in [0.5, 0.6) is 11.5 Å². The topological polar surface area (TPSA) is 78.5 Å². The van der Waals surface area contributed by atoms with E-state index in [0.717, 1.165) is 17.7 Å². The van der Waals surface area contributed by atoms with E-state index in [-0.39, 0.29) is 17.1 Å². The number of hydrogen-bond donors (Lipinski definition) is 2. The van der Waals surface area contributed by atoms with Gasteiger partial charge in [0.25, 0.3) is 5.56 Å². The molecule has 0 saturated heterocycles. The number of aromatic nitrogens is 2. The number of benzene rings is 2. The molecule has 0 unspecified atom stereocenters. The molecule has 0 fully saturated rings. The molecule has 0 saturated carbocycles. The first-order valence-electron chi connectivity index (χ1n) is 9.62. The van der Waals surface area contributed by atoms with Crippen LogP contribution in [-0.2, 0) is 25.7 Å². The first-order valence-corrected chi connectivity index (χ1v) is 9.62. The van der Waals surface area contributed by atoms with Gasteiger partial charge < -0.3 is 14.8 Å². The van der Waals surface area contributed by atoms with Gasteiger partial charge in [-0.05, 0) is 18.2 Å². The van der Waals surface area contributed by atoms with Crippen LogP contribution in [0, 0.1) is 0 Å². The average molecular weight is 431 g/mol. The van der Waals surface area contributed by atoms with E-state index in [1.54, 1.807) is 12.1 Å². The number of nitrogens with zero attached hydrogens (tertiary/aromatic N) is 2. The Labute approximate surface area is 175 Å². The van der Waals surface area contributed by atoms with Gasteiger partial charge in [0.15, 0.2) is 0 Å². The predicted octanol–water partition coefficient (Wildman–Crippen LogP) is 3.73. The van der Waals surface area contributed by atoms with E-state index in [1.807, 2.05) is 4.90 Å². The third kappa shape index (κ3) is 4.41. The van der Waals surface area contributed by atoms with E-state index < -0.39 is 11.7 Å². The lowest BCUT2D eigenvalue weighted by Crippen LogP contribution is -2.35. The van der Waals surface area contributed by atoms with Crippen molar-refractivity contribution in [3.8, 4) is 22.9 Å². The van der Waals surface area contributed by atoms with Crippen molar-refractivity contribution in [3.05, 3.63) is 75.2 Å². The lowest BCUT2D eigenvalue weighted by molar-refractivity contribution is -0.137. The number of rotatable bonds is 4. The number of ether oxygens (including phenoxy) is 1. The van der Waals surface area contributed by atoms with Crippen LogP contribution in [0.4, 0.5) is 13.2 Å². The van der Waals surface area contributed by atoms with Crippen LogP contribution in [0.1, 0.15) is 22.4 Å². The molecule has 6 nitrogen and oxygen atoms in total. The lowest BCUT2D eigenvalue weighted by Gasteiger charge is -2.28. The van der Waals surface area contributed by atoms with Gasteiger partial charge in [-0.15, -0.1) is 0 Å². The molecule has 0 bridgehead atoms. The Morgan fingerprint density at radius 3 is 2.58 bits per heavy atom. The maximum Gasteiger partial charge on any atom is 0.416 e. The van der Waals surface area contributed by atoms with Crippen molar-refractivity contribution in [1.82, 2.24) is 14.9 Å². The number of halogens is 3. The highest BCUT2D eigenvalue weighted by atomic mass is 19.4. The molecule has 0 amide bonds. The van der Waals surface area contributed by atoms with Gasteiger partial charge in [0, 0.05) is 43.2 Å². The number of fused-ring (bicyclic) bond motifs is 1. The summed E-state index contributed by atoms with van der Waals surface area (Å²) in [6.07, 6.45) is -3.90. The molecular formula is C22H20F3N3O3. The summed E-state index contributed by atoms with van der Waals surface area (Å²) < 4.78 is 43.4. The number of phenolic OH excluding ortho intramolecular Hbond substituents is 1. The third-order valence-corrected chi connectivity index (χ3v) is 5.32. The summed E-state index contributed by atoms with van der Waals surface area (Å²) in [5.74, 6) is 0.926. The van der Waals surface area contributed by atoms with E-state index in [1.165, 1.54) is 25.3 Å². The largest absolute Gasteiger partial charge is 0.507 e. The third-order valence-electron chi connectivity index (χ3n) is 5.32. The van der Waals surface area contributed by atoms with E-state index in [0.29, 0.717) is 48.6 Å². The number of nitrogens with one attached hydrogen (secondary N) is 1. The summed E-state index contributed by atoms with van der Waals surface area (Å²) in [7, 11) is 1.52. The van der Waals surface area contributed by atoms with Crippen LogP contribution in [-0.4, -0.2) is 33.6 Å². The van der Waals surface area contributed by atoms with Crippen LogP contribution in [0.15, 0.2) is 47.3 Å². The first-order chi connectivity index (χ1) is 14.7. The summed E-state index contributed by atoms with van der Waals surface area (Å²) in [5, 5.41) is 10.2. The molecule has 2 heterocycles. The van der Waals surface area contributed by atoms with Gasteiger partial charge in [0.2, 0.25) is 0 Å². The van der Waals surface area contributed by atoms with Crippen LogP contribution >= 0.6 is 0 Å². The van der Waals surface area contributed by atoms with Crippen LogP contribution in [0.3, 0.4) is 0 Å². The number of phenols is 1. The molecule has 162 valence electrons. The maximum atomic E-state index is 12.8. The number of aromatic hydroxyl groups is 1. The quantitative estimate of drug-likeness (QED) is 0.658. The summed E-state index contributed by atoms with van der Waals surface area (Å²) >= 11 is 0. The molecule has 4 rings (SSSR count). The summed E-state index contributed by atoms with van der Waals surface area (Å²) in [6.45, 7) is 1.44. The Kier molecular flexibility index (Phi) is 5.45. The Hall–Kier alpha value is -3.33. The molecule has 31 heavy (non-hydrogen) atoms. The van der Waals surface area contributed by atoms with E-state index >= 15 is 0 Å². The van der Waals surface area contributed by atoms with Crippen LogP contribution in [0.2, 0.25) is 0 Å². The predicted molar refractivity (Wildman–Crippen MR) is 108 cm³/mol. The van der Waals surface area contributed by atoms with E-state index in [4.69, 9.17) is 4.74 Å². The maximum absolute atomic E-state index is 12.8. The molecule has 1 aliphatic rings. The highest BCUT2D eigenvalue weighted by Crippen LogP contribution is 2.31. The molecule has 9 heteroatoms. The van der Waals surface area contributed by atoms with Crippen molar-refractivity contribution in [3.63, 3.8) is 0 Å². The van der Waals surface area contributed by atoms with Gasteiger partial charge in [0.05, 0.1) is 23.9 Å². The van der Waals surface area contributed by atoms with Gasteiger partial charge in [-0.3, -0.25) is 9.69 Å². The second kappa shape index (κ2) is 8.07. The molecule has 2 N–H and O–H groups in total. The fraction of sp³-hybridized carbons (Fsp3) is 0.273. The molecule has 0 atom stereocenters. The van der Waals surface area contributed by atoms with E-state index in [2.05, 4.69) is 9.97 Å². The van der Waals surface area contributed by atoms with Crippen LogP contribution in [0.25, 0.3) is 11.4 Å². The fourth-order valence-corrected chi connectivity index (χ4v) is 3.61. The van der Waals surface area contributed by atoms with E-state index in [9.17, 15) is 23.1 Å². The van der Waals surface area contributed by atoms with Gasteiger partial charge in [-0.1, -0.05) is 18.2 Å². The van der Waals surface area contributed by atoms with Crippen molar-refractivity contribution >= 4 is 0 Å². The Bertz CT molecular complexity index is 1160. The van der Waals surface area contributed by atoms with Crippen molar-refractivity contribution < 1.29 is 23.0 Å². The number of methoxy groups -OCH3 is 1. The second-order valence-electron chi connectivity index (χ2n) is 7.37. The highest BCUT2D eigenvalue weighted by molar-refractivity contribution is 5.56. The number of H-pyrrole nitrogens is 1. The van der Waals surface area contributed by atoms with Gasteiger partial charge in [0.1, 0.15) is 17.3 Å². The zero-order chi connectivity index (χ0) is 22.2. The fourth-order valence-electron chi connectivity index (χ4n) is 3.61. The highest BCUT2D eigenvalue weighted by Gasteiger charge is 2.30. The minimum atomic E-state index is -4.42. The zero-order valence-electron chi connectivity index (χ0n) is 16.7. The zero-order valence-corrected chi connectivity index (χ0v) is 16.7. The molecule has 1 aromatic heterocycles. The minimum Gasteiger partial charge on any atom is -0.507 e. The Morgan fingerprint density at radius 2 is 1.94 bits per heavy atom. The average Bonchev–Trinajstić information content (AvgIpc) is 2.75. The van der Waals surface area contributed by atoms with Gasteiger partial charge in [-0.25, -0.2) is 4.98 Å². The molecule has 0 spiro atoms. The van der Waals surface area contributed by atoms with Crippen molar-refractivity contribution in [2.24, 2.45) is 0 Å². The SMILES string of the molecule is COc1ccc(CN2CCc3nc(-c4ccc(C(F)(F)F)cc4)[nH]c(=O)c3C2)c(O)c1. The number of alkyl halides is 3. The lowest BCUT2D eigenvalue weighted by atomic mass is 10.0. The summed E-state index contributed by atoms with van der Waals surface area (Å²) in [6, 6.07) is 9.62. The van der Waals surface area contributed by atoms with Crippen molar-refractivity contribution in [2.75, 3.05) is 13.7 Å². The van der Waals surface area contributed by atoms with Crippen molar-refractivity contribution in [1.29, 1.82) is 0 Å². The smallest absolute Gasteiger partial charge is 0.416 e. The molecule has 0 radical (unpaired) electrons. The summed E-state index contributed by atoms with van der Waals surface area (Å²) in [4.78, 5) is 21.9. The monoisotopic (exact) mass is 431 g/mol. The molecule has 0 aliphatic carbocycles. The molecule has 1 aliphatic heterocycles. The minimum absolute atomic E-state index is 0.120.